The van der Waals surface area contributed by atoms with Crippen molar-refractivity contribution < 1.29 is 4.79 Å². The third kappa shape index (κ3) is 5.17. The monoisotopic (exact) mass is 407 g/mol. The van der Waals surface area contributed by atoms with Crippen molar-refractivity contribution in [3.8, 4) is 0 Å². The first-order valence-electron chi connectivity index (χ1n) is 11.3. The molecule has 6 nitrogen and oxygen atoms in total. The van der Waals surface area contributed by atoms with Crippen LogP contribution in [0, 0.1) is 5.92 Å². The van der Waals surface area contributed by atoms with E-state index in [1.807, 2.05) is 0 Å². The largest absolute Gasteiger partial charge is 0.355 e. The Bertz CT molecular complexity index is 827. The smallest absolute Gasteiger partial charge is 0.225 e. The summed E-state index contributed by atoms with van der Waals surface area (Å²) in [6, 6.07) is 9.17. The average Bonchev–Trinajstić information content (AvgIpc) is 2.80. The van der Waals surface area contributed by atoms with E-state index in [0.29, 0.717) is 19.1 Å². The summed E-state index contributed by atoms with van der Waals surface area (Å²) in [6.45, 7) is 6.70. The fourth-order valence-electron chi connectivity index (χ4n) is 4.68. The van der Waals surface area contributed by atoms with Gasteiger partial charge >= 0.3 is 0 Å². The van der Waals surface area contributed by atoms with Crippen molar-refractivity contribution >= 4 is 11.7 Å². The van der Waals surface area contributed by atoms with Gasteiger partial charge in [0.1, 0.15) is 5.82 Å². The molecule has 0 spiro atoms. The van der Waals surface area contributed by atoms with E-state index in [1.165, 1.54) is 36.9 Å². The number of nitrogens with one attached hydrogen (secondary N) is 1. The maximum absolute atomic E-state index is 12.9. The first-order chi connectivity index (χ1) is 14.7. The van der Waals surface area contributed by atoms with E-state index in [-0.39, 0.29) is 11.8 Å². The Balaban J connectivity index is 1.35. The van der Waals surface area contributed by atoms with Crippen molar-refractivity contribution in [2.75, 3.05) is 24.5 Å². The highest BCUT2D eigenvalue weighted by atomic mass is 16.1. The summed E-state index contributed by atoms with van der Waals surface area (Å²) >= 11 is 0. The predicted molar refractivity (Wildman–Crippen MR) is 119 cm³/mol. The number of anilines is 1. The molecule has 0 unspecified atom stereocenters. The Morgan fingerprint density at radius 1 is 1.10 bits per heavy atom. The molecule has 1 aromatic carbocycles. The molecule has 6 heteroatoms. The highest BCUT2D eigenvalue weighted by molar-refractivity contribution is 5.79. The molecule has 30 heavy (non-hydrogen) atoms. The number of piperidine rings is 2. The van der Waals surface area contributed by atoms with Gasteiger partial charge in [-0.2, -0.15) is 0 Å². The second kappa shape index (κ2) is 10.0. The van der Waals surface area contributed by atoms with Crippen LogP contribution in [0.5, 0.6) is 0 Å². The number of carbonyl (C=O) groups excluding carboxylic acids is 1. The lowest BCUT2D eigenvalue weighted by atomic mass is 9.96. The summed E-state index contributed by atoms with van der Waals surface area (Å²) < 4.78 is 0. The summed E-state index contributed by atoms with van der Waals surface area (Å²) in [6.07, 6.45) is 11.0. The van der Waals surface area contributed by atoms with Crippen LogP contribution in [-0.4, -0.2) is 46.5 Å². The predicted octanol–water partition coefficient (Wildman–Crippen LogP) is 3.38. The second-order valence-electron chi connectivity index (χ2n) is 8.65. The Morgan fingerprint density at radius 3 is 2.77 bits per heavy atom. The lowest BCUT2D eigenvalue weighted by Gasteiger charge is -2.34. The minimum Gasteiger partial charge on any atom is -0.355 e. The summed E-state index contributed by atoms with van der Waals surface area (Å²) in [4.78, 5) is 26.2. The maximum atomic E-state index is 12.9. The van der Waals surface area contributed by atoms with Gasteiger partial charge in [-0.05, 0) is 50.3 Å². The van der Waals surface area contributed by atoms with E-state index in [2.05, 4.69) is 56.3 Å². The van der Waals surface area contributed by atoms with Crippen molar-refractivity contribution in [1.29, 1.82) is 0 Å². The van der Waals surface area contributed by atoms with Crippen LogP contribution in [0.15, 0.2) is 42.9 Å². The summed E-state index contributed by atoms with van der Waals surface area (Å²) in [5.41, 5.74) is 2.56. The molecule has 1 N–H and O–H groups in total. The number of nitrogens with zero attached hydrogens (tertiary/aromatic N) is 4. The molecule has 160 valence electrons. The van der Waals surface area contributed by atoms with Crippen molar-refractivity contribution in [3.05, 3.63) is 54.0 Å². The molecule has 4 rings (SSSR count). The van der Waals surface area contributed by atoms with Crippen molar-refractivity contribution in [2.24, 2.45) is 5.92 Å². The highest BCUT2D eigenvalue weighted by Crippen LogP contribution is 2.23. The zero-order valence-corrected chi connectivity index (χ0v) is 18.0. The Kier molecular flexibility index (Phi) is 6.95. The molecular formula is C24H33N5O. The highest BCUT2D eigenvalue weighted by Gasteiger charge is 2.26. The third-order valence-electron chi connectivity index (χ3n) is 6.55. The van der Waals surface area contributed by atoms with Crippen molar-refractivity contribution in [1.82, 2.24) is 20.2 Å². The number of aromatic nitrogens is 2. The number of amides is 1. The SMILES string of the molecule is C[C@@H]1CCCCN1Cc1ccccc1CNC(=O)[C@@H]1CCCN(c2cnccn2)C1. The van der Waals surface area contributed by atoms with Crippen molar-refractivity contribution in [2.45, 2.75) is 58.2 Å². The van der Waals surface area contributed by atoms with Gasteiger partial charge in [-0.3, -0.25) is 14.7 Å². The minimum atomic E-state index is -0.00460. The number of carbonyl (C=O) groups is 1. The fraction of sp³-hybridized carbons (Fsp3) is 0.542. The zero-order valence-electron chi connectivity index (χ0n) is 18.0. The molecule has 0 bridgehead atoms. The molecule has 2 aromatic rings. The number of likely N-dealkylation sites (tertiary alicyclic amines) is 1. The van der Waals surface area contributed by atoms with Crippen LogP contribution in [0.1, 0.15) is 50.2 Å². The minimum absolute atomic E-state index is 0.00460. The molecule has 1 amide bonds. The number of hydrogen-bond acceptors (Lipinski definition) is 5. The zero-order chi connectivity index (χ0) is 20.8. The average molecular weight is 408 g/mol. The standard InChI is InChI=1S/C24H33N5O/c1-19-7-4-5-13-28(19)17-21-9-3-2-8-20(21)15-27-24(30)22-10-6-14-29(18-22)23-16-25-11-12-26-23/h2-3,8-9,11-12,16,19,22H,4-7,10,13-15,17-18H2,1H3,(H,27,30)/t19-,22-/m1/s1. The first-order valence-corrected chi connectivity index (χ1v) is 11.3. The molecule has 2 aliphatic rings. The van der Waals surface area contributed by atoms with Gasteiger partial charge in [-0.1, -0.05) is 30.7 Å². The molecule has 2 atom stereocenters. The topological polar surface area (TPSA) is 61.4 Å². The molecule has 0 saturated carbocycles. The van der Waals surface area contributed by atoms with Crippen LogP contribution in [0.2, 0.25) is 0 Å². The Morgan fingerprint density at radius 2 is 1.97 bits per heavy atom. The molecule has 0 aliphatic carbocycles. The van der Waals surface area contributed by atoms with E-state index in [9.17, 15) is 4.79 Å². The number of hydrogen-bond donors (Lipinski definition) is 1. The van der Waals surface area contributed by atoms with E-state index >= 15 is 0 Å². The van der Waals surface area contributed by atoms with Crippen LogP contribution in [-0.2, 0) is 17.9 Å². The lowest BCUT2D eigenvalue weighted by molar-refractivity contribution is -0.125. The fourth-order valence-corrected chi connectivity index (χ4v) is 4.68. The first kappa shape index (κ1) is 20.8. The molecule has 2 fully saturated rings. The quantitative estimate of drug-likeness (QED) is 0.795. The summed E-state index contributed by atoms with van der Waals surface area (Å²) in [5, 5.41) is 3.21. The lowest BCUT2D eigenvalue weighted by Crippen LogP contribution is -2.43. The summed E-state index contributed by atoms with van der Waals surface area (Å²) in [5.74, 6) is 0.996. The van der Waals surface area contributed by atoms with Gasteiger partial charge in [0, 0.05) is 44.6 Å². The van der Waals surface area contributed by atoms with Gasteiger partial charge < -0.3 is 10.2 Å². The third-order valence-corrected chi connectivity index (χ3v) is 6.55. The van der Waals surface area contributed by atoms with Crippen LogP contribution in [0.4, 0.5) is 5.82 Å². The van der Waals surface area contributed by atoms with Gasteiger partial charge in [0.2, 0.25) is 5.91 Å². The normalized spacial score (nSPS) is 22.6. The maximum Gasteiger partial charge on any atom is 0.225 e. The van der Waals surface area contributed by atoms with Gasteiger partial charge in [-0.15, -0.1) is 0 Å². The molecule has 3 heterocycles. The van der Waals surface area contributed by atoms with E-state index in [1.54, 1.807) is 18.6 Å². The van der Waals surface area contributed by atoms with Crippen LogP contribution in [0.25, 0.3) is 0 Å². The van der Waals surface area contributed by atoms with E-state index < -0.39 is 0 Å². The van der Waals surface area contributed by atoms with Gasteiger partial charge in [0.15, 0.2) is 0 Å². The molecular weight excluding hydrogens is 374 g/mol. The Hall–Kier alpha value is -2.47. The van der Waals surface area contributed by atoms with Gasteiger partial charge in [0.05, 0.1) is 12.1 Å². The summed E-state index contributed by atoms with van der Waals surface area (Å²) in [7, 11) is 0. The number of benzene rings is 1. The molecule has 1 aromatic heterocycles. The van der Waals surface area contributed by atoms with Gasteiger partial charge in [0.25, 0.3) is 0 Å². The van der Waals surface area contributed by atoms with Crippen LogP contribution < -0.4 is 10.2 Å². The second-order valence-corrected chi connectivity index (χ2v) is 8.65. The van der Waals surface area contributed by atoms with Crippen LogP contribution in [0.3, 0.4) is 0 Å². The van der Waals surface area contributed by atoms with Crippen LogP contribution >= 0.6 is 0 Å². The van der Waals surface area contributed by atoms with Gasteiger partial charge in [-0.25, -0.2) is 4.98 Å². The number of rotatable bonds is 6. The van der Waals surface area contributed by atoms with E-state index in [4.69, 9.17) is 0 Å². The molecule has 2 saturated heterocycles. The Labute approximate surface area is 179 Å². The van der Waals surface area contributed by atoms with Crippen molar-refractivity contribution in [3.63, 3.8) is 0 Å². The molecule has 0 radical (unpaired) electrons. The molecule has 2 aliphatic heterocycles. The van der Waals surface area contributed by atoms with E-state index in [0.717, 1.165) is 31.7 Å².